The van der Waals surface area contributed by atoms with Crippen LogP contribution in [0, 0.1) is 6.92 Å². The lowest BCUT2D eigenvalue weighted by molar-refractivity contribution is 0.0988. The number of benzene rings is 4. The van der Waals surface area contributed by atoms with Crippen LogP contribution in [0.2, 0.25) is 0 Å². The number of ether oxygens (including phenoxy) is 1. The molecule has 1 aliphatic rings. The van der Waals surface area contributed by atoms with Crippen molar-refractivity contribution >= 4 is 45.0 Å². The number of aromatic nitrogens is 2. The summed E-state index contributed by atoms with van der Waals surface area (Å²) in [7, 11) is 1.49. The van der Waals surface area contributed by atoms with E-state index in [1.54, 1.807) is 47.4 Å². The molecule has 186 valence electrons. The van der Waals surface area contributed by atoms with Crippen LogP contribution in [0.15, 0.2) is 60.7 Å². The molecule has 4 aromatic carbocycles. The number of aromatic hydroxyl groups is 2. The number of halogens is 1. The van der Waals surface area contributed by atoms with Crippen molar-refractivity contribution in [3.8, 4) is 28.6 Å². The summed E-state index contributed by atoms with van der Waals surface area (Å²) in [5.74, 6) is 1.24. The number of H-pyrrole nitrogens is 1. The van der Waals surface area contributed by atoms with Gasteiger partial charge in [0.15, 0.2) is 11.5 Å². The molecule has 1 atom stereocenters. The molecule has 0 fully saturated rings. The zero-order chi connectivity index (χ0) is 25.8. The Morgan fingerprint density at radius 1 is 1.14 bits per heavy atom. The lowest BCUT2D eigenvalue weighted by Gasteiger charge is -2.19. The van der Waals surface area contributed by atoms with Crippen molar-refractivity contribution in [1.29, 1.82) is 0 Å². The molecule has 0 spiro atoms. The maximum absolute atomic E-state index is 13.8. The fourth-order valence-electron chi connectivity index (χ4n) is 5.29. The van der Waals surface area contributed by atoms with Crippen molar-refractivity contribution in [1.82, 2.24) is 9.97 Å². The van der Waals surface area contributed by atoms with Crippen LogP contribution in [0.1, 0.15) is 27.4 Å². The predicted octanol–water partition coefficient (Wildman–Crippen LogP) is 6.09. The number of imidazole rings is 1. The number of methoxy groups -OCH3 is 1. The van der Waals surface area contributed by atoms with Gasteiger partial charge >= 0.3 is 0 Å². The molecule has 1 aliphatic heterocycles. The van der Waals surface area contributed by atoms with E-state index in [1.165, 1.54) is 7.11 Å². The first-order chi connectivity index (χ1) is 17.9. The number of alkyl halides is 1. The number of anilines is 1. The third kappa shape index (κ3) is 3.65. The van der Waals surface area contributed by atoms with Crippen LogP contribution >= 0.6 is 11.6 Å². The Hall–Kier alpha value is -4.23. The van der Waals surface area contributed by atoms with E-state index < -0.39 is 0 Å². The van der Waals surface area contributed by atoms with Crippen LogP contribution in [0.4, 0.5) is 5.69 Å². The molecule has 0 saturated heterocycles. The summed E-state index contributed by atoms with van der Waals surface area (Å²) < 4.78 is 5.12. The van der Waals surface area contributed by atoms with E-state index >= 15 is 0 Å². The number of phenols is 2. The molecule has 3 N–H and O–H groups in total. The van der Waals surface area contributed by atoms with Crippen molar-refractivity contribution in [3.05, 3.63) is 77.4 Å². The standard InChI is InChI=1S/C29H24ClN3O4/c1-15-4-3-5-19-23(34)12-22-27(26(15)19)18(13-30)14-33(22)29(36)17-6-8-20-21(10-17)32-28(31-20)16-7-9-25(37-2)24(35)11-16/h3-12,18,34-35H,13-14H2,1-2H3,(H,31,32). The second kappa shape index (κ2) is 8.71. The van der Waals surface area contributed by atoms with Gasteiger partial charge in [-0.2, -0.15) is 0 Å². The Kier molecular flexibility index (Phi) is 5.46. The second-order valence-corrected chi connectivity index (χ2v) is 9.61. The van der Waals surface area contributed by atoms with E-state index in [9.17, 15) is 15.0 Å². The molecule has 0 saturated carbocycles. The first-order valence-corrected chi connectivity index (χ1v) is 12.4. The molecule has 0 bridgehead atoms. The SMILES string of the molecule is COc1ccc(-c2nc3ccc(C(=O)N4CC(CCl)c5c4cc(O)c4cccc(C)c54)cc3[nH]2)cc1O. The Bertz CT molecular complexity index is 1710. The summed E-state index contributed by atoms with van der Waals surface area (Å²) in [4.78, 5) is 23.3. The number of hydrogen-bond acceptors (Lipinski definition) is 5. The van der Waals surface area contributed by atoms with Crippen molar-refractivity contribution in [2.45, 2.75) is 12.8 Å². The van der Waals surface area contributed by atoms with E-state index in [-0.39, 0.29) is 23.3 Å². The third-order valence-electron chi connectivity index (χ3n) is 7.08. The van der Waals surface area contributed by atoms with Crippen LogP contribution < -0.4 is 9.64 Å². The lowest BCUT2D eigenvalue weighted by Crippen LogP contribution is -2.30. The van der Waals surface area contributed by atoms with E-state index in [2.05, 4.69) is 9.97 Å². The zero-order valence-corrected chi connectivity index (χ0v) is 21.0. The van der Waals surface area contributed by atoms with Crippen molar-refractivity contribution in [2.75, 3.05) is 24.4 Å². The summed E-state index contributed by atoms with van der Waals surface area (Å²) in [6.07, 6.45) is 0. The van der Waals surface area contributed by atoms with Gasteiger partial charge in [0.05, 0.1) is 23.8 Å². The molecule has 6 rings (SSSR count). The van der Waals surface area contributed by atoms with Crippen molar-refractivity contribution < 1.29 is 19.7 Å². The van der Waals surface area contributed by atoms with Gasteiger partial charge in [0.25, 0.3) is 5.91 Å². The van der Waals surface area contributed by atoms with Crippen LogP contribution in [0.25, 0.3) is 33.2 Å². The van der Waals surface area contributed by atoms with Gasteiger partial charge in [0, 0.05) is 40.9 Å². The Morgan fingerprint density at radius 3 is 2.73 bits per heavy atom. The summed E-state index contributed by atoms with van der Waals surface area (Å²) in [5, 5.41) is 22.6. The fourth-order valence-corrected chi connectivity index (χ4v) is 5.54. The highest BCUT2D eigenvalue weighted by atomic mass is 35.5. The number of fused-ring (bicyclic) bond motifs is 4. The van der Waals surface area contributed by atoms with E-state index in [0.29, 0.717) is 51.8 Å². The van der Waals surface area contributed by atoms with Gasteiger partial charge in [0.2, 0.25) is 0 Å². The number of carbonyl (C=O) groups excluding carboxylic acids is 1. The number of aryl methyl sites for hydroxylation is 1. The normalized spacial score (nSPS) is 14.9. The number of nitrogens with zero attached hydrogens (tertiary/aromatic N) is 2. The summed E-state index contributed by atoms with van der Waals surface area (Å²) in [5.41, 5.74) is 5.30. The number of phenolic OH excluding ortho intramolecular Hbond substituents is 2. The molecule has 7 nitrogen and oxygen atoms in total. The lowest BCUT2D eigenvalue weighted by atomic mass is 9.92. The highest BCUT2D eigenvalue weighted by Crippen LogP contribution is 2.46. The molecule has 0 aliphatic carbocycles. The molecule has 37 heavy (non-hydrogen) atoms. The molecule has 2 heterocycles. The van der Waals surface area contributed by atoms with E-state index in [1.807, 2.05) is 25.1 Å². The maximum Gasteiger partial charge on any atom is 0.258 e. The highest BCUT2D eigenvalue weighted by Gasteiger charge is 2.35. The number of aromatic amines is 1. The predicted molar refractivity (Wildman–Crippen MR) is 145 cm³/mol. The van der Waals surface area contributed by atoms with Crippen molar-refractivity contribution in [3.63, 3.8) is 0 Å². The molecule has 1 aromatic heterocycles. The van der Waals surface area contributed by atoms with Gasteiger partial charge in [-0.15, -0.1) is 11.6 Å². The number of hydrogen-bond donors (Lipinski definition) is 3. The van der Waals surface area contributed by atoms with Gasteiger partial charge in [0.1, 0.15) is 11.6 Å². The average Bonchev–Trinajstić information content (AvgIpc) is 3.49. The van der Waals surface area contributed by atoms with Gasteiger partial charge in [-0.3, -0.25) is 4.79 Å². The minimum absolute atomic E-state index is 0.0175. The quantitative estimate of drug-likeness (QED) is 0.252. The highest BCUT2D eigenvalue weighted by molar-refractivity contribution is 6.19. The van der Waals surface area contributed by atoms with Gasteiger partial charge in [-0.05, 0) is 59.8 Å². The third-order valence-corrected chi connectivity index (χ3v) is 7.45. The Balaban J connectivity index is 1.40. The number of carbonyl (C=O) groups is 1. The van der Waals surface area contributed by atoms with Crippen LogP contribution in [0.3, 0.4) is 0 Å². The van der Waals surface area contributed by atoms with Crippen molar-refractivity contribution in [2.24, 2.45) is 0 Å². The minimum Gasteiger partial charge on any atom is -0.507 e. The monoisotopic (exact) mass is 513 g/mol. The number of amides is 1. The van der Waals surface area contributed by atoms with E-state index in [4.69, 9.17) is 16.3 Å². The summed E-state index contributed by atoms with van der Waals surface area (Å²) in [6.45, 7) is 2.44. The topological polar surface area (TPSA) is 98.7 Å². The minimum atomic E-state index is -0.179. The summed E-state index contributed by atoms with van der Waals surface area (Å²) >= 11 is 6.37. The summed E-state index contributed by atoms with van der Waals surface area (Å²) in [6, 6.07) is 17.9. The molecule has 0 radical (unpaired) electrons. The number of rotatable bonds is 4. The first kappa shape index (κ1) is 23.2. The number of nitrogens with one attached hydrogen (secondary N) is 1. The van der Waals surface area contributed by atoms with Crippen LogP contribution in [-0.2, 0) is 0 Å². The molecule has 1 unspecified atom stereocenters. The Labute approximate surface area is 217 Å². The Morgan fingerprint density at radius 2 is 1.97 bits per heavy atom. The molecular formula is C29H24ClN3O4. The van der Waals surface area contributed by atoms with Gasteiger partial charge < -0.3 is 24.8 Å². The van der Waals surface area contributed by atoms with Crippen LogP contribution in [-0.4, -0.2) is 45.6 Å². The molecule has 1 amide bonds. The maximum atomic E-state index is 13.8. The van der Waals surface area contributed by atoms with Gasteiger partial charge in [-0.1, -0.05) is 18.2 Å². The first-order valence-electron chi connectivity index (χ1n) is 11.9. The van der Waals surface area contributed by atoms with Gasteiger partial charge in [-0.25, -0.2) is 4.98 Å². The average molecular weight is 514 g/mol. The van der Waals surface area contributed by atoms with Crippen LogP contribution in [0.5, 0.6) is 17.2 Å². The molecular weight excluding hydrogens is 490 g/mol. The van der Waals surface area contributed by atoms with E-state index in [0.717, 1.165) is 21.9 Å². The second-order valence-electron chi connectivity index (χ2n) is 9.30. The zero-order valence-electron chi connectivity index (χ0n) is 20.2. The fraction of sp³-hybridized carbons (Fsp3) is 0.172. The molecule has 8 heteroatoms. The largest absolute Gasteiger partial charge is 0.507 e. The molecule has 5 aromatic rings. The smallest absolute Gasteiger partial charge is 0.258 e.